The number of benzene rings is 2. The van der Waals surface area contributed by atoms with Gasteiger partial charge >= 0.3 is 10.2 Å². The van der Waals surface area contributed by atoms with E-state index >= 15 is 4.39 Å². The van der Waals surface area contributed by atoms with Crippen molar-refractivity contribution in [1.29, 1.82) is 0 Å². The van der Waals surface area contributed by atoms with Gasteiger partial charge in [-0.2, -0.15) is 12.7 Å². The van der Waals surface area contributed by atoms with E-state index in [0.29, 0.717) is 23.9 Å². The molecule has 2 aromatic carbocycles. The molecule has 1 saturated carbocycles. The van der Waals surface area contributed by atoms with Gasteiger partial charge in [0.15, 0.2) is 5.82 Å². The van der Waals surface area contributed by atoms with Gasteiger partial charge in [-0.1, -0.05) is 29.8 Å². The lowest BCUT2D eigenvalue weighted by Gasteiger charge is -2.18. The van der Waals surface area contributed by atoms with E-state index in [1.807, 2.05) is 31.2 Å². The van der Waals surface area contributed by atoms with Crippen molar-refractivity contribution in [1.82, 2.24) is 14.3 Å². The van der Waals surface area contributed by atoms with Crippen LogP contribution < -0.4 is 4.72 Å². The van der Waals surface area contributed by atoms with Crippen molar-refractivity contribution in [3.63, 3.8) is 0 Å². The van der Waals surface area contributed by atoms with E-state index in [4.69, 9.17) is 0 Å². The number of nitrogens with zero attached hydrogens (tertiary/aromatic N) is 2. The number of carbonyl (C=O) groups excluding carboxylic acids is 1. The summed E-state index contributed by atoms with van der Waals surface area (Å²) in [6.07, 6.45) is 4.42. The van der Waals surface area contributed by atoms with Crippen molar-refractivity contribution >= 4 is 32.7 Å². The number of pyridine rings is 1. The van der Waals surface area contributed by atoms with Crippen LogP contribution in [0.2, 0.25) is 0 Å². The molecule has 4 aromatic rings. The van der Waals surface area contributed by atoms with Gasteiger partial charge in [-0.3, -0.25) is 9.52 Å². The zero-order chi connectivity index (χ0) is 24.9. The first kappa shape index (κ1) is 23.1. The molecule has 10 heteroatoms. The Morgan fingerprint density at radius 2 is 1.83 bits per heavy atom. The molecule has 1 aliphatic carbocycles. The quantitative estimate of drug-likeness (QED) is 0.360. The highest BCUT2D eigenvalue weighted by Gasteiger charge is 2.35. The summed E-state index contributed by atoms with van der Waals surface area (Å²) in [6.45, 7) is 1.97. The van der Waals surface area contributed by atoms with Gasteiger partial charge in [0.05, 0.1) is 11.3 Å². The number of halogens is 2. The van der Waals surface area contributed by atoms with Crippen molar-refractivity contribution < 1.29 is 22.0 Å². The fourth-order valence-electron chi connectivity index (χ4n) is 3.91. The molecule has 0 atom stereocenters. The molecule has 2 aromatic heterocycles. The summed E-state index contributed by atoms with van der Waals surface area (Å²) in [4.78, 5) is 20.5. The highest BCUT2D eigenvalue weighted by atomic mass is 32.2. The monoisotopic (exact) mass is 496 g/mol. The molecule has 7 nitrogen and oxygen atoms in total. The van der Waals surface area contributed by atoms with Gasteiger partial charge < -0.3 is 4.98 Å². The van der Waals surface area contributed by atoms with E-state index in [1.54, 1.807) is 12.3 Å². The number of carbonyl (C=O) groups is 1. The molecule has 2 N–H and O–H groups in total. The average Bonchev–Trinajstić information content (AvgIpc) is 3.59. The number of anilines is 1. The van der Waals surface area contributed by atoms with Crippen LogP contribution in [0.3, 0.4) is 0 Å². The smallest absolute Gasteiger partial charge is 0.301 e. The molecule has 0 bridgehead atoms. The summed E-state index contributed by atoms with van der Waals surface area (Å²) in [5.41, 5.74) is 1.75. The molecule has 0 aliphatic heterocycles. The minimum absolute atomic E-state index is 0.0226. The number of rotatable bonds is 7. The number of ketones is 1. The summed E-state index contributed by atoms with van der Waals surface area (Å²) < 4.78 is 58.4. The maximum absolute atomic E-state index is 15.3. The minimum Gasteiger partial charge on any atom is -0.345 e. The number of H-pyrrole nitrogens is 1. The van der Waals surface area contributed by atoms with E-state index in [1.165, 1.54) is 13.2 Å². The Kier molecular flexibility index (Phi) is 5.65. The highest BCUT2D eigenvalue weighted by Crippen LogP contribution is 2.31. The van der Waals surface area contributed by atoms with E-state index in [-0.39, 0.29) is 11.6 Å². The second kappa shape index (κ2) is 8.54. The normalized spacial score (nSPS) is 14.0. The lowest BCUT2D eigenvalue weighted by atomic mass is 9.99. The number of aromatic amines is 1. The standard InChI is InChI=1S/C25H22F2N4O3S/c1-14-3-5-15(6-4-14)16-11-18-19(13-29-25(18)28-12-16)24(32)22-20(26)9-10-21(23(22)27)30-35(33,34)31(2)17-7-8-17/h3-6,9-13,17,30H,7-8H2,1-2H3,(H,28,29). The molecule has 0 unspecified atom stereocenters. The van der Waals surface area contributed by atoms with Crippen LogP contribution in [0.25, 0.3) is 22.2 Å². The predicted octanol–water partition coefficient (Wildman–Crippen LogP) is 4.80. The van der Waals surface area contributed by atoms with Crippen molar-refractivity contribution in [3.8, 4) is 11.1 Å². The molecule has 0 spiro atoms. The van der Waals surface area contributed by atoms with Gasteiger partial charge in [-0.05, 0) is 43.5 Å². The molecule has 0 saturated heterocycles. The largest absolute Gasteiger partial charge is 0.345 e. The zero-order valence-electron chi connectivity index (χ0n) is 19.0. The highest BCUT2D eigenvalue weighted by molar-refractivity contribution is 7.90. The Bertz CT molecular complexity index is 1560. The van der Waals surface area contributed by atoms with Crippen LogP contribution in [-0.2, 0) is 10.2 Å². The minimum atomic E-state index is -4.06. The maximum atomic E-state index is 15.3. The van der Waals surface area contributed by atoms with E-state index < -0.39 is 38.9 Å². The van der Waals surface area contributed by atoms with Gasteiger partial charge in [-0.15, -0.1) is 0 Å². The molecule has 5 rings (SSSR count). The van der Waals surface area contributed by atoms with Crippen LogP contribution >= 0.6 is 0 Å². The number of nitrogens with one attached hydrogen (secondary N) is 2. The van der Waals surface area contributed by atoms with Crippen molar-refractivity contribution in [3.05, 3.63) is 83.2 Å². The van der Waals surface area contributed by atoms with Gasteiger partial charge in [0.2, 0.25) is 5.78 Å². The third-order valence-electron chi connectivity index (χ3n) is 6.16. The second-order valence-corrected chi connectivity index (χ2v) is 10.4. The Morgan fingerprint density at radius 3 is 2.51 bits per heavy atom. The Morgan fingerprint density at radius 1 is 1.11 bits per heavy atom. The third-order valence-corrected chi connectivity index (χ3v) is 7.69. The molecular weight excluding hydrogens is 474 g/mol. The lowest BCUT2D eigenvalue weighted by molar-refractivity contribution is 0.103. The molecule has 1 aliphatic rings. The summed E-state index contributed by atoms with van der Waals surface area (Å²) in [6, 6.07) is 11.1. The van der Waals surface area contributed by atoms with Crippen LogP contribution in [0.1, 0.15) is 34.3 Å². The summed E-state index contributed by atoms with van der Waals surface area (Å²) >= 11 is 0. The Hall–Kier alpha value is -3.63. The summed E-state index contributed by atoms with van der Waals surface area (Å²) in [5.74, 6) is -3.30. The van der Waals surface area contributed by atoms with Crippen LogP contribution in [0.5, 0.6) is 0 Å². The van der Waals surface area contributed by atoms with E-state index in [9.17, 15) is 17.6 Å². The molecule has 2 heterocycles. The number of aryl methyl sites for hydroxylation is 1. The average molecular weight is 497 g/mol. The summed E-state index contributed by atoms with van der Waals surface area (Å²) in [7, 11) is -2.68. The zero-order valence-corrected chi connectivity index (χ0v) is 19.8. The van der Waals surface area contributed by atoms with Crippen LogP contribution in [0.4, 0.5) is 14.5 Å². The molecular formula is C25H22F2N4O3S. The molecule has 0 radical (unpaired) electrons. The fraction of sp³-hybridized carbons (Fsp3) is 0.200. The maximum Gasteiger partial charge on any atom is 0.301 e. The van der Waals surface area contributed by atoms with Gasteiger partial charge in [0, 0.05) is 42.0 Å². The van der Waals surface area contributed by atoms with Crippen LogP contribution in [-0.4, -0.2) is 41.6 Å². The molecule has 1 fully saturated rings. The third kappa shape index (κ3) is 4.30. The number of hydrogen-bond donors (Lipinski definition) is 2. The van der Waals surface area contributed by atoms with Gasteiger partial charge in [0.25, 0.3) is 0 Å². The van der Waals surface area contributed by atoms with E-state index in [0.717, 1.165) is 33.1 Å². The van der Waals surface area contributed by atoms with Crippen molar-refractivity contribution in [2.45, 2.75) is 25.8 Å². The van der Waals surface area contributed by atoms with Crippen molar-refractivity contribution in [2.24, 2.45) is 0 Å². The summed E-state index contributed by atoms with van der Waals surface area (Å²) in [5, 5.41) is 0.395. The fourth-order valence-corrected chi connectivity index (χ4v) is 5.10. The Balaban J connectivity index is 1.53. The van der Waals surface area contributed by atoms with Crippen molar-refractivity contribution in [2.75, 3.05) is 11.8 Å². The van der Waals surface area contributed by atoms with Crippen LogP contribution in [0, 0.1) is 18.6 Å². The molecule has 180 valence electrons. The number of hydrogen-bond acceptors (Lipinski definition) is 4. The topological polar surface area (TPSA) is 95.2 Å². The SMILES string of the molecule is Cc1ccc(-c2cnc3[nH]cc(C(=O)c4c(F)ccc(NS(=O)(=O)N(C)C5CC5)c4F)c3c2)cc1. The van der Waals surface area contributed by atoms with Gasteiger partial charge in [-0.25, -0.2) is 13.8 Å². The molecule has 0 amide bonds. The van der Waals surface area contributed by atoms with Crippen LogP contribution in [0.15, 0.2) is 54.9 Å². The molecule has 35 heavy (non-hydrogen) atoms. The first-order valence-electron chi connectivity index (χ1n) is 11.0. The predicted molar refractivity (Wildman–Crippen MR) is 129 cm³/mol. The lowest BCUT2D eigenvalue weighted by Crippen LogP contribution is -2.34. The first-order chi connectivity index (χ1) is 16.7. The van der Waals surface area contributed by atoms with Gasteiger partial charge in [0.1, 0.15) is 11.5 Å². The number of aromatic nitrogens is 2. The first-order valence-corrected chi connectivity index (χ1v) is 12.4. The Labute approximate surface area is 201 Å². The number of fused-ring (bicyclic) bond motifs is 1. The van der Waals surface area contributed by atoms with E-state index in [2.05, 4.69) is 14.7 Å². The second-order valence-electron chi connectivity index (χ2n) is 8.66.